The summed E-state index contributed by atoms with van der Waals surface area (Å²) < 4.78 is 23.6. The normalized spacial score (nSPS) is 11.0. The van der Waals surface area contributed by atoms with Gasteiger partial charge in [-0.1, -0.05) is 5.16 Å². The maximum atomic E-state index is 11.6. The molecule has 0 N–H and O–H groups in total. The molecule has 0 aliphatic heterocycles. The number of hydrogen-bond acceptors (Lipinski definition) is 9. The standard InChI is InChI=1S/C26H27N5O5/c1-5-34-24(32)7-6-10-31-21-13-23(33-4)20(12-19(21)15-28-31)25-29-26(36-30-25)17-8-9-22(35-16(2)3)18(11-17)14-27/h8-9,11-13,15-16H,5-7,10H2,1-4H3. The van der Waals surface area contributed by atoms with Crippen LogP contribution in [0, 0.1) is 11.3 Å². The predicted octanol–water partition coefficient (Wildman–Crippen LogP) is 4.76. The van der Waals surface area contributed by atoms with E-state index in [0.717, 1.165) is 10.9 Å². The highest BCUT2D eigenvalue weighted by atomic mass is 16.5. The van der Waals surface area contributed by atoms with Crippen LogP contribution < -0.4 is 9.47 Å². The second-order valence-electron chi connectivity index (χ2n) is 8.30. The van der Waals surface area contributed by atoms with Gasteiger partial charge in [-0.25, -0.2) is 0 Å². The quantitative estimate of drug-likeness (QED) is 0.290. The third-order valence-corrected chi connectivity index (χ3v) is 5.40. The Morgan fingerprint density at radius 1 is 1.22 bits per heavy atom. The molecule has 186 valence electrons. The number of esters is 1. The predicted molar refractivity (Wildman–Crippen MR) is 131 cm³/mol. The Labute approximate surface area is 208 Å². The monoisotopic (exact) mass is 489 g/mol. The van der Waals surface area contributed by atoms with Gasteiger partial charge in [0.25, 0.3) is 5.89 Å². The number of aromatic nitrogens is 4. The Morgan fingerprint density at radius 2 is 2.06 bits per heavy atom. The number of ether oxygens (including phenoxy) is 3. The lowest BCUT2D eigenvalue weighted by Gasteiger charge is -2.11. The molecule has 36 heavy (non-hydrogen) atoms. The third kappa shape index (κ3) is 5.30. The molecule has 0 spiro atoms. The fourth-order valence-electron chi connectivity index (χ4n) is 3.79. The van der Waals surface area contributed by atoms with Crippen LogP contribution in [0.25, 0.3) is 33.7 Å². The van der Waals surface area contributed by atoms with Crippen LogP contribution in [0.2, 0.25) is 0 Å². The summed E-state index contributed by atoms with van der Waals surface area (Å²) in [6.45, 7) is 6.53. The molecule has 10 nitrogen and oxygen atoms in total. The molecule has 4 rings (SSSR count). The number of benzene rings is 2. The van der Waals surface area contributed by atoms with Crippen molar-refractivity contribution in [1.82, 2.24) is 19.9 Å². The van der Waals surface area contributed by atoms with Crippen molar-refractivity contribution < 1.29 is 23.5 Å². The Bertz CT molecular complexity index is 1420. The van der Waals surface area contributed by atoms with Gasteiger partial charge in [0.05, 0.1) is 42.7 Å². The Balaban J connectivity index is 1.60. The van der Waals surface area contributed by atoms with Gasteiger partial charge in [0.15, 0.2) is 0 Å². The Kier molecular flexibility index (Phi) is 7.49. The van der Waals surface area contributed by atoms with E-state index < -0.39 is 0 Å². The average molecular weight is 490 g/mol. The van der Waals surface area contributed by atoms with E-state index in [1.54, 1.807) is 38.4 Å². The molecular formula is C26H27N5O5. The van der Waals surface area contributed by atoms with Gasteiger partial charge in [0, 0.05) is 30.0 Å². The molecule has 2 aromatic heterocycles. The molecule has 0 saturated carbocycles. The number of carbonyl (C=O) groups excluding carboxylic acids is 1. The molecule has 10 heteroatoms. The zero-order valence-corrected chi connectivity index (χ0v) is 20.6. The van der Waals surface area contributed by atoms with Crippen LogP contribution in [-0.4, -0.2) is 45.7 Å². The molecule has 0 radical (unpaired) electrons. The molecule has 2 aromatic carbocycles. The molecule has 0 unspecified atom stereocenters. The van der Waals surface area contributed by atoms with Crippen molar-refractivity contribution >= 4 is 16.9 Å². The van der Waals surface area contributed by atoms with E-state index in [1.807, 2.05) is 30.7 Å². The second-order valence-corrected chi connectivity index (χ2v) is 8.30. The summed E-state index contributed by atoms with van der Waals surface area (Å²) in [6, 6.07) is 11.1. The Morgan fingerprint density at radius 3 is 2.78 bits per heavy atom. The van der Waals surface area contributed by atoms with Crippen molar-refractivity contribution in [2.75, 3.05) is 13.7 Å². The highest BCUT2D eigenvalue weighted by molar-refractivity contribution is 5.87. The van der Waals surface area contributed by atoms with Crippen molar-refractivity contribution in [3.8, 4) is 40.4 Å². The van der Waals surface area contributed by atoms with E-state index in [-0.39, 0.29) is 18.0 Å². The minimum atomic E-state index is -0.217. The fraction of sp³-hybridized carbons (Fsp3) is 0.346. The lowest BCUT2D eigenvalue weighted by molar-refractivity contribution is -0.143. The topological polar surface area (TPSA) is 125 Å². The van der Waals surface area contributed by atoms with Crippen molar-refractivity contribution in [3.05, 3.63) is 42.1 Å². The molecule has 0 atom stereocenters. The summed E-state index contributed by atoms with van der Waals surface area (Å²) in [5.74, 6) is 1.46. The first-order valence-corrected chi connectivity index (χ1v) is 11.7. The lowest BCUT2D eigenvalue weighted by Crippen LogP contribution is -2.07. The summed E-state index contributed by atoms with van der Waals surface area (Å²) >= 11 is 0. The number of nitriles is 1. The van der Waals surface area contributed by atoms with Gasteiger partial charge >= 0.3 is 5.97 Å². The van der Waals surface area contributed by atoms with Crippen LogP contribution >= 0.6 is 0 Å². The largest absolute Gasteiger partial charge is 0.496 e. The van der Waals surface area contributed by atoms with Crippen LogP contribution in [0.3, 0.4) is 0 Å². The van der Waals surface area contributed by atoms with E-state index in [2.05, 4.69) is 21.3 Å². The van der Waals surface area contributed by atoms with Gasteiger partial charge in [0.2, 0.25) is 5.82 Å². The van der Waals surface area contributed by atoms with E-state index in [0.29, 0.717) is 60.0 Å². The summed E-state index contributed by atoms with van der Waals surface area (Å²) in [4.78, 5) is 16.2. The molecule has 0 saturated heterocycles. The smallest absolute Gasteiger partial charge is 0.305 e. The van der Waals surface area contributed by atoms with E-state index in [4.69, 9.17) is 18.7 Å². The molecule has 4 aromatic rings. The highest BCUT2D eigenvalue weighted by Crippen LogP contribution is 2.34. The van der Waals surface area contributed by atoms with E-state index >= 15 is 0 Å². The molecule has 0 bridgehead atoms. The van der Waals surface area contributed by atoms with Gasteiger partial charge in [-0.15, -0.1) is 0 Å². The summed E-state index contributed by atoms with van der Waals surface area (Å²) in [7, 11) is 1.57. The number of nitrogens with zero attached hydrogens (tertiary/aromatic N) is 5. The second kappa shape index (κ2) is 10.9. The first kappa shape index (κ1) is 24.7. The van der Waals surface area contributed by atoms with Gasteiger partial charge < -0.3 is 18.7 Å². The van der Waals surface area contributed by atoms with Crippen LogP contribution in [0.4, 0.5) is 0 Å². The summed E-state index contributed by atoms with van der Waals surface area (Å²) in [6.07, 6.45) is 2.63. The molecule has 0 aliphatic carbocycles. The van der Waals surface area contributed by atoms with E-state index in [9.17, 15) is 10.1 Å². The van der Waals surface area contributed by atoms with Crippen molar-refractivity contribution in [2.24, 2.45) is 0 Å². The van der Waals surface area contributed by atoms with Crippen molar-refractivity contribution in [2.45, 2.75) is 46.3 Å². The molecule has 0 aliphatic rings. The number of rotatable bonds is 10. The maximum Gasteiger partial charge on any atom is 0.305 e. The Hall–Kier alpha value is -4.39. The van der Waals surface area contributed by atoms with Crippen LogP contribution in [0.15, 0.2) is 41.1 Å². The molecule has 2 heterocycles. The van der Waals surface area contributed by atoms with Crippen LogP contribution in [0.1, 0.15) is 39.2 Å². The van der Waals surface area contributed by atoms with Gasteiger partial charge in [-0.05, 0) is 51.5 Å². The molecular weight excluding hydrogens is 462 g/mol. The van der Waals surface area contributed by atoms with Gasteiger partial charge in [-0.2, -0.15) is 15.3 Å². The number of carbonyl (C=O) groups is 1. The van der Waals surface area contributed by atoms with Crippen molar-refractivity contribution in [3.63, 3.8) is 0 Å². The van der Waals surface area contributed by atoms with Crippen LogP contribution in [-0.2, 0) is 16.1 Å². The molecule has 0 amide bonds. The number of hydrogen-bond donors (Lipinski definition) is 0. The minimum Gasteiger partial charge on any atom is -0.496 e. The van der Waals surface area contributed by atoms with Gasteiger partial charge in [0.1, 0.15) is 17.6 Å². The fourth-order valence-corrected chi connectivity index (χ4v) is 3.79. The highest BCUT2D eigenvalue weighted by Gasteiger charge is 2.18. The zero-order chi connectivity index (χ0) is 25.7. The van der Waals surface area contributed by atoms with Gasteiger partial charge in [-0.3, -0.25) is 9.48 Å². The first-order valence-electron chi connectivity index (χ1n) is 11.7. The van der Waals surface area contributed by atoms with E-state index in [1.165, 1.54) is 0 Å². The number of methoxy groups -OCH3 is 1. The SMILES string of the molecule is CCOC(=O)CCCn1ncc2cc(-c3noc(-c4ccc(OC(C)C)c(C#N)c4)n3)c(OC)cc21. The van der Waals surface area contributed by atoms with Crippen molar-refractivity contribution in [1.29, 1.82) is 5.26 Å². The zero-order valence-electron chi connectivity index (χ0n) is 20.6. The first-order chi connectivity index (χ1) is 17.4. The van der Waals surface area contributed by atoms with Crippen LogP contribution in [0.5, 0.6) is 11.5 Å². The lowest BCUT2D eigenvalue weighted by atomic mass is 10.1. The minimum absolute atomic E-state index is 0.0535. The number of fused-ring (bicyclic) bond motifs is 1. The number of aryl methyl sites for hydroxylation is 1. The third-order valence-electron chi connectivity index (χ3n) is 5.40. The summed E-state index contributed by atoms with van der Waals surface area (Å²) in [5.41, 5.74) is 2.50. The maximum absolute atomic E-state index is 11.6. The average Bonchev–Trinajstić information content (AvgIpc) is 3.51. The molecule has 0 fully saturated rings. The summed E-state index contributed by atoms with van der Waals surface area (Å²) in [5, 5.41) is 19.0.